The molecule has 1 fully saturated rings. The fraction of sp³-hybridized carbons (Fsp3) is 0.154. The molecule has 2 aromatic carbocycles. The number of urea groups is 1. The lowest BCUT2D eigenvalue weighted by Gasteiger charge is -2.45. The Balaban J connectivity index is 1.46. The number of rotatable bonds is 3. The van der Waals surface area contributed by atoms with Gasteiger partial charge in [-0.05, 0) is 23.1 Å². The molecule has 2 N–H and O–H groups in total. The van der Waals surface area contributed by atoms with Crippen molar-refractivity contribution >= 4 is 28.4 Å². The van der Waals surface area contributed by atoms with Gasteiger partial charge in [-0.15, -0.1) is 0 Å². The van der Waals surface area contributed by atoms with Gasteiger partial charge in [0.05, 0.1) is 12.2 Å². The van der Waals surface area contributed by atoms with Gasteiger partial charge in [0.25, 0.3) is 0 Å². The van der Waals surface area contributed by atoms with Crippen LogP contribution in [0.5, 0.6) is 0 Å². The van der Waals surface area contributed by atoms with Crippen LogP contribution in [0.15, 0.2) is 79.3 Å². The quantitative estimate of drug-likeness (QED) is 0.533. The Morgan fingerprint density at radius 2 is 1.79 bits per heavy atom. The Kier molecular flexibility index (Phi) is 4.20. The van der Waals surface area contributed by atoms with E-state index in [0.717, 1.165) is 38.8 Å². The summed E-state index contributed by atoms with van der Waals surface area (Å²) < 4.78 is 0. The fourth-order valence-electron chi connectivity index (χ4n) is 5.13. The zero-order valence-electron chi connectivity index (χ0n) is 17.8. The van der Waals surface area contributed by atoms with E-state index in [2.05, 4.69) is 11.1 Å². The van der Waals surface area contributed by atoms with Crippen LogP contribution in [0.1, 0.15) is 11.3 Å². The molecule has 3 amide bonds. The molecule has 0 bridgehead atoms. The molecule has 162 valence electrons. The van der Waals surface area contributed by atoms with Gasteiger partial charge in [0.15, 0.2) is 0 Å². The van der Waals surface area contributed by atoms with Gasteiger partial charge in [0.2, 0.25) is 5.91 Å². The van der Waals surface area contributed by atoms with Crippen molar-refractivity contribution in [2.45, 2.75) is 12.0 Å². The number of aromatic nitrogens is 2. The van der Waals surface area contributed by atoms with Gasteiger partial charge in [-0.2, -0.15) is 0 Å². The van der Waals surface area contributed by atoms with E-state index in [0.29, 0.717) is 19.6 Å². The van der Waals surface area contributed by atoms with Gasteiger partial charge in [-0.1, -0.05) is 48.5 Å². The number of carbonyl (C=O) groups excluding carboxylic acids is 2. The van der Waals surface area contributed by atoms with Crippen LogP contribution in [0.3, 0.4) is 0 Å². The van der Waals surface area contributed by atoms with E-state index in [1.165, 1.54) is 4.90 Å². The van der Waals surface area contributed by atoms with E-state index >= 15 is 0 Å². The van der Waals surface area contributed by atoms with Crippen LogP contribution < -0.4 is 10.6 Å². The number of para-hydroxylation sites is 1. The third kappa shape index (κ3) is 2.82. The zero-order chi connectivity index (χ0) is 22.6. The molecule has 2 aromatic heterocycles. The van der Waals surface area contributed by atoms with Crippen molar-refractivity contribution in [2.75, 3.05) is 18.0 Å². The predicted octanol–water partition coefficient (Wildman–Crippen LogP) is 3.48. The van der Waals surface area contributed by atoms with E-state index in [9.17, 15) is 9.59 Å². The average molecular weight is 435 g/mol. The van der Waals surface area contributed by atoms with E-state index in [4.69, 9.17) is 10.7 Å². The van der Waals surface area contributed by atoms with Crippen LogP contribution in [0.4, 0.5) is 10.5 Å². The van der Waals surface area contributed by atoms with E-state index < -0.39 is 11.4 Å². The average Bonchev–Trinajstić information content (AvgIpc) is 3.06. The van der Waals surface area contributed by atoms with Crippen molar-refractivity contribution in [3.63, 3.8) is 0 Å². The first-order valence-corrected chi connectivity index (χ1v) is 10.8. The molecule has 0 unspecified atom stereocenters. The Hall–Kier alpha value is -4.26. The standard InChI is InChI=1S/C26H21N5O2/c27-25(33)30-15-26(16-30)20-9-3-4-10-22(20)31(24(26)32)14-21-23(18-7-5-11-28-12-18)19-8-2-1-6-17(19)13-29-21/h1-13H,14-16H2,(H2,27,33). The van der Waals surface area contributed by atoms with Gasteiger partial charge in [-0.3, -0.25) is 14.8 Å². The molecule has 1 spiro atoms. The molecule has 0 saturated carbocycles. The van der Waals surface area contributed by atoms with E-state index in [1.54, 1.807) is 11.1 Å². The van der Waals surface area contributed by atoms with Crippen LogP contribution in [0, 0.1) is 0 Å². The molecule has 4 heterocycles. The minimum atomic E-state index is -0.739. The van der Waals surface area contributed by atoms with Crippen molar-refractivity contribution < 1.29 is 9.59 Å². The summed E-state index contributed by atoms with van der Waals surface area (Å²) in [5, 5.41) is 2.09. The van der Waals surface area contributed by atoms with E-state index in [1.807, 2.05) is 67.0 Å². The molecule has 4 aromatic rings. The van der Waals surface area contributed by atoms with Crippen LogP contribution >= 0.6 is 0 Å². The number of carbonyl (C=O) groups is 2. The summed E-state index contributed by atoms with van der Waals surface area (Å²) in [7, 11) is 0. The lowest BCUT2D eigenvalue weighted by Crippen LogP contribution is -2.66. The summed E-state index contributed by atoms with van der Waals surface area (Å²) in [4.78, 5) is 37.8. The van der Waals surface area contributed by atoms with Gasteiger partial charge < -0.3 is 15.5 Å². The molecular formula is C26H21N5O2. The first kappa shape index (κ1) is 19.4. The number of fused-ring (bicyclic) bond motifs is 3. The lowest BCUT2D eigenvalue weighted by molar-refractivity contribution is -0.127. The Morgan fingerprint density at radius 3 is 2.58 bits per heavy atom. The van der Waals surface area contributed by atoms with Crippen molar-refractivity contribution in [2.24, 2.45) is 5.73 Å². The summed E-state index contributed by atoms with van der Waals surface area (Å²) >= 11 is 0. The summed E-state index contributed by atoms with van der Waals surface area (Å²) in [6.45, 7) is 0.924. The Bertz CT molecular complexity index is 1410. The second-order valence-corrected chi connectivity index (χ2v) is 8.59. The lowest BCUT2D eigenvalue weighted by atomic mass is 9.75. The highest BCUT2D eigenvalue weighted by atomic mass is 16.2. The van der Waals surface area contributed by atoms with Crippen molar-refractivity contribution in [1.82, 2.24) is 14.9 Å². The molecule has 0 atom stereocenters. The Morgan fingerprint density at radius 1 is 1.00 bits per heavy atom. The summed E-state index contributed by atoms with van der Waals surface area (Å²) in [6.07, 6.45) is 5.42. The summed E-state index contributed by atoms with van der Waals surface area (Å²) in [5.41, 5.74) is 9.24. The SMILES string of the molecule is NC(=O)N1CC2(C1)C(=O)N(Cc1ncc3ccccc3c1-c1cccnc1)c1ccccc12. The number of nitrogens with two attached hydrogens (primary N) is 1. The molecule has 1 saturated heterocycles. The summed E-state index contributed by atoms with van der Waals surface area (Å²) in [5.74, 6) is -0.0201. The topological polar surface area (TPSA) is 92.4 Å². The highest BCUT2D eigenvalue weighted by Gasteiger charge is 2.58. The van der Waals surface area contributed by atoms with Crippen LogP contribution in [-0.4, -0.2) is 39.9 Å². The fourth-order valence-corrected chi connectivity index (χ4v) is 5.13. The third-order valence-corrected chi connectivity index (χ3v) is 6.73. The maximum absolute atomic E-state index is 13.8. The third-order valence-electron chi connectivity index (χ3n) is 6.73. The zero-order valence-corrected chi connectivity index (χ0v) is 17.8. The van der Waals surface area contributed by atoms with Crippen LogP contribution in [-0.2, 0) is 16.8 Å². The predicted molar refractivity (Wildman–Crippen MR) is 125 cm³/mol. The molecule has 0 radical (unpaired) electrons. The molecule has 7 nitrogen and oxygen atoms in total. The highest BCUT2D eigenvalue weighted by Crippen LogP contribution is 2.48. The number of pyridine rings is 2. The summed E-state index contributed by atoms with van der Waals surface area (Å²) in [6, 6.07) is 19.3. The van der Waals surface area contributed by atoms with Crippen LogP contribution in [0.2, 0.25) is 0 Å². The van der Waals surface area contributed by atoms with E-state index in [-0.39, 0.29) is 5.91 Å². The van der Waals surface area contributed by atoms with Crippen molar-refractivity contribution in [3.05, 3.63) is 90.5 Å². The number of amides is 3. The van der Waals surface area contributed by atoms with Crippen molar-refractivity contribution in [3.8, 4) is 11.1 Å². The number of likely N-dealkylation sites (tertiary alicyclic amines) is 1. The molecule has 2 aliphatic heterocycles. The Labute approximate surface area is 190 Å². The number of benzene rings is 2. The first-order chi connectivity index (χ1) is 16.1. The first-order valence-electron chi connectivity index (χ1n) is 10.8. The molecule has 33 heavy (non-hydrogen) atoms. The van der Waals surface area contributed by atoms with Crippen LogP contribution in [0.25, 0.3) is 21.9 Å². The molecular weight excluding hydrogens is 414 g/mol. The maximum atomic E-state index is 13.8. The van der Waals surface area contributed by atoms with Gasteiger partial charge in [0, 0.05) is 53.9 Å². The smallest absolute Gasteiger partial charge is 0.314 e. The van der Waals surface area contributed by atoms with Gasteiger partial charge in [-0.25, -0.2) is 4.79 Å². The molecule has 2 aliphatic rings. The highest BCUT2D eigenvalue weighted by molar-refractivity contribution is 6.10. The number of hydrogen-bond acceptors (Lipinski definition) is 4. The number of primary amides is 1. The largest absolute Gasteiger partial charge is 0.351 e. The second kappa shape index (κ2) is 7.13. The minimum Gasteiger partial charge on any atom is -0.351 e. The number of hydrogen-bond donors (Lipinski definition) is 1. The van der Waals surface area contributed by atoms with Gasteiger partial charge in [0.1, 0.15) is 5.41 Å². The second-order valence-electron chi connectivity index (χ2n) is 8.59. The molecule has 0 aliphatic carbocycles. The normalized spacial score (nSPS) is 16.2. The number of nitrogens with zero attached hydrogens (tertiary/aromatic N) is 4. The number of anilines is 1. The molecule has 7 heteroatoms. The van der Waals surface area contributed by atoms with Crippen molar-refractivity contribution in [1.29, 1.82) is 0 Å². The van der Waals surface area contributed by atoms with Gasteiger partial charge >= 0.3 is 6.03 Å². The maximum Gasteiger partial charge on any atom is 0.314 e. The molecule has 6 rings (SSSR count). The minimum absolute atomic E-state index is 0.0201. The monoisotopic (exact) mass is 435 g/mol.